The summed E-state index contributed by atoms with van der Waals surface area (Å²) in [5, 5.41) is 0. The monoisotopic (exact) mass is 289 g/mol. The maximum atomic E-state index is 11.5. The first kappa shape index (κ1) is 16.9. The van der Waals surface area contributed by atoms with E-state index in [-0.39, 0.29) is 6.42 Å². The normalized spacial score (nSPS) is 11.8. The molecule has 0 unspecified atom stereocenters. The van der Waals surface area contributed by atoms with Gasteiger partial charge in [-0.15, -0.1) is 0 Å². The van der Waals surface area contributed by atoms with Gasteiger partial charge in [-0.05, 0) is 6.42 Å². The van der Waals surface area contributed by atoms with Gasteiger partial charge < -0.3 is 0 Å². The molecule has 106 valence electrons. The number of hydrogen-bond acceptors (Lipinski definition) is 3. The molecular weight excluding hydrogens is 273 g/mol. The summed E-state index contributed by atoms with van der Waals surface area (Å²) in [7, 11) is -3.40. The zero-order valence-electron chi connectivity index (χ0n) is 10.1. The third kappa shape index (κ3) is 6.60. The minimum Gasteiger partial charge on any atom is -0.263 e. The quantitative estimate of drug-likeness (QED) is 0.395. The highest BCUT2D eigenvalue weighted by Gasteiger charge is 2.47. The fraction of sp³-hybridized carbons (Fsp3) is 0.667. The van der Waals surface area contributed by atoms with Crippen molar-refractivity contribution >= 4 is 10.1 Å². The lowest BCUT2D eigenvalue weighted by atomic mass is 10.4. The number of nitrogens with one attached hydrogen (secondary N) is 1. The Hall–Kier alpha value is -1.09. The van der Waals surface area contributed by atoms with Crippen LogP contribution in [0.25, 0.3) is 0 Å². The van der Waals surface area contributed by atoms with Crippen LogP contribution in [0.4, 0.5) is 13.2 Å². The molecule has 0 aliphatic rings. The molecule has 1 aromatic rings. The second-order valence-corrected chi connectivity index (χ2v) is 4.96. The van der Waals surface area contributed by atoms with Crippen molar-refractivity contribution in [2.24, 2.45) is 7.05 Å². The molecular formula is C9H16F3N2O3S+. The van der Waals surface area contributed by atoms with Gasteiger partial charge in [-0.25, -0.2) is 4.57 Å². The van der Waals surface area contributed by atoms with Gasteiger partial charge in [0.05, 0.1) is 13.7 Å². The average molecular weight is 289 g/mol. The molecule has 0 fully saturated rings. The van der Waals surface area contributed by atoms with Crippen molar-refractivity contribution in [3.8, 4) is 0 Å². The number of rotatable bonds is 4. The smallest absolute Gasteiger partial charge is 0.263 e. The van der Waals surface area contributed by atoms with Gasteiger partial charge in [-0.2, -0.15) is 21.6 Å². The number of hydrogen-bond donors (Lipinski definition) is 1. The van der Waals surface area contributed by atoms with E-state index < -0.39 is 22.2 Å². The average Bonchev–Trinajstić information content (AvgIpc) is 2.68. The molecule has 18 heavy (non-hydrogen) atoms. The zero-order valence-corrected chi connectivity index (χ0v) is 10.9. The van der Waals surface area contributed by atoms with Crippen molar-refractivity contribution in [2.45, 2.75) is 25.3 Å². The third-order valence-electron chi connectivity index (χ3n) is 1.70. The Morgan fingerprint density at radius 2 is 2.00 bits per heavy atom. The Kier molecular flexibility index (Phi) is 6.92. The van der Waals surface area contributed by atoms with E-state index in [1.165, 1.54) is 0 Å². The molecule has 0 saturated carbocycles. The molecule has 1 heterocycles. The maximum absolute atomic E-state index is 11.5. The molecule has 0 atom stereocenters. The number of aromatic nitrogens is 2. The standard InChI is InChI=1S/C5H9F3O3S.C4H6N2/c1-2-3-4-11-12(9,10)5(6,7)8;1-6-3-2-5-4-6/h2-4H2,1H3;2-4H,1H3/p+1. The minimum atomic E-state index is -5.37. The van der Waals surface area contributed by atoms with E-state index in [0.29, 0.717) is 6.42 Å². The number of H-pyrrole nitrogens is 1. The van der Waals surface area contributed by atoms with Crippen molar-refractivity contribution in [1.29, 1.82) is 0 Å². The number of imidazole rings is 1. The molecule has 0 aromatic carbocycles. The number of alkyl halides is 3. The molecule has 9 heteroatoms. The van der Waals surface area contributed by atoms with Crippen molar-refractivity contribution < 1.29 is 30.3 Å². The Balaban J connectivity index is 0.000000397. The Morgan fingerprint density at radius 3 is 2.28 bits per heavy atom. The van der Waals surface area contributed by atoms with Crippen LogP contribution >= 0.6 is 0 Å². The SMILES string of the molecule is CCCCOS(=O)(=O)C(F)(F)F.C[n+]1cc[nH]c1. The molecule has 1 rings (SSSR count). The van der Waals surface area contributed by atoms with Gasteiger partial charge in [0.25, 0.3) is 0 Å². The molecule has 0 aliphatic carbocycles. The molecule has 5 nitrogen and oxygen atoms in total. The van der Waals surface area contributed by atoms with Crippen LogP contribution in [0, 0.1) is 0 Å². The summed E-state index contributed by atoms with van der Waals surface area (Å²) in [5.41, 5.74) is -5.30. The molecule has 0 amide bonds. The fourth-order valence-corrected chi connectivity index (χ4v) is 1.21. The number of unbranched alkanes of at least 4 members (excludes halogenated alkanes) is 1. The van der Waals surface area contributed by atoms with Crippen LogP contribution < -0.4 is 4.57 Å². The van der Waals surface area contributed by atoms with E-state index >= 15 is 0 Å². The van der Waals surface area contributed by atoms with Crippen LogP contribution in [0.1, 0.15) is 19.8 Å². The highest BCUT2D eigenvalue weighted by Crippen LogP contribution is 2.24. The highest BCUT2D eigenvalue weighted by molar-refractivity contribution is 7.87. The van der Waals surface area contributed by atoms with Gasteiger partial charge in [0.2, 0.25) is 6.33 Å². The van der Waals surface area contributed by atoms with Crippen molar-refractivity contribution in [1.82, 2.24) is 4.98 Å². The Morgan fingerprint density at radius 1 is 1.39 bits per heavy atom. The van der Waals surface area contributed by atoms with Gasteiger partial charge in [0, 0.05) is 0 Å². The molecule has 0 bridgehead atoms. The van der Waals surface area contributed by atoms with E-state index in [1.54, 1.807) is 6.92 Å². The molecule has 0 radical (unpaired) electrons. The Labute approximate surface area is 104 Å². The lowest BCUT2D eigenvalue weighted by molar-refractivity contribution is -0.670. The number of aryl methyl sites for hydroxylation is 1. The molecule has 0 spiro atoms. The second-order valence-electron chi connectivity index (χ2n) is 3.35. The third-order valence-corrected chi connectivity index (χ3v) is 2.75. The first-order valence-corrected chi connectivity index (χ1v) is 6.55. The lowest BCUT2D eigenvalue weighted by Crippen LogP contribution is -2.25. The van der Waals surface area contributed by atoms with Crippen LogP contribution in [0.2, 0.25) is 0 Å². The highest BCUT2D eigenvalue weighted by atomic mass is 32.2. The molecule has 0 saturated heterocycles. The zero-order chi connectivity index (χ0) is 14.2. The summed E-state index contributed by atoms with van der Waals surface area (Å²) in [5.74, 6) is 0. The summed E-state index contributed by atoms with van der Waals surface area (Å²) in [6.07, 6.45) is 6.56. The molecule has 0 aliphatic heterocycles. The van der Waals surface area contributed by atoms with Crippen LogP contribution in [0.3, 0.4) is 0 Å². The van der Waals surface area contributed by atoms with Gasteiger partial charge in [0.15, 0.2) is 0 Å². The van der Waals surface area contributed by atoms with Crippen molar-refractivity contribution in [2.75, 3.05) is 6.61 Å². The van der Waals surface area contributed by atoms with Gasteiger partial charge >= 0.3 is 15.6 Å². The number of halogens is 3. The largest absolute Gasteiger partial charge is 0.523 e. The first-order chi connectivity index (χ1) is 8.20. The topological polar surface area (TPSA) is 63.0 Å². The van der Waals surface area contributed by atoms with Crippen molar-refractivity contribution in [3.05, 3.63) is 18.7 Å². The second kappa shape index (κ2) is 7.37. The maximum Gasteiger partial charge on any atom is 0.523 e. The van der Waals surface area contributed by atoms with Crippen LogP contribution in [-0.2, 0) is 21.3 Å². The van der Waals surface area contributed by atoms with E-state index in [9.17, 15) is 21.6 Å². The van der Waals surface area contributed by atoms with Gasteiger partial charge in [-0.3, -0.25) is 9.17 Å². The summed E-state index contributed by atoms with van der Waals surface area (Å²) >= 11 is 0. The van der Waals surface area contributed by atoms with E-state index in [2.05, 4.69) is 9.17 Å². The molecule has 1 N–H and O–H groups in total. The van der Waals surface area contributed by atoms with Crippen LogP contribution in [-0.4, -0.2) is 25.5 Å². The lowest BCUT2D eigenvalue weighted by Gasteiger charge is -2.06. The van der Waals surface area contributed by atoms with Crippen molar-refractivity contribution in [3.63, 3.8) is 0 Å². The summed E-state index contributed by atoms with van der Waals surface area (Å²) in [4.78, 5) is 2.89. The first-order valence-electron chi connectivity index (χ1n) is 5.14. The predicted molar refractivity (Wildman–Crippen MR) is 57.8 cm³/mol. The van der Waals surface area contributed by atoms with Gasteiger partial charge in [-0.1, -0.05) is 13.3 Å². The molecule has 1 aromatic heterocycles. The predicted octanol–water partition coefficient (Wildman–Crippen LogP) is 1.49. The van der Waals surface area contributed by atoms with Crippen LogP contribution in [0.5, 0.6) is 0 Å². The minimum absolute atomic E-state index is 0.287. The number of aromatic amines is 1. The van der Waals surface area contributed by atoms with E-state index in [4.69, 9.17) is 0 Å². The van der Waals surface area contributed by atoms with E-state index in [0.717, 1.165) is 0 Å². The Bertz CT molecular complexity index is 415. The number of nitrogens with zero attached hydrogens (tertiary/aromatic N) is 1. The van der Waals surface area contributed by atoms with E-state index in [1.807, 2.05) is 30.3 Å². The van der Waals surface area contributed by atoms with Gasteiger partial charge in [0.1, 0.15) is 12.4 Å². The van der Waals surface area contributed by atoms with Crippen LogP contribution in [0.15, 0.2) is 18.7 Å². The summed E-state index contributed by atoms with van der Waals surface area (Å²) < 4.78 is 60.6. The summed E-state index contributed by atoms with van der Waals surface area (Å²) in [6, 6.07) is 0. The summed E-state index contributed by atoms with van der Waals surface area (Å²) in [6.45, 7) is 1.29. The fourth-order valence-electron chi connectivity index (χ4n) is 0.744.